The molecule has 2 aromatic rings. The standard InChI is InChI=1S/C16H14Cl2N2O5/c17-10-3-6-12(13(18)7-10)16(23)19-14(8-21)15(22)9-1-4-11(5-2-9)20(24)25/h1-7,14-15,21-22H,8H2,(H,19,23)/t14-,15+/m0/s1. The van der Waals surface area contributed by atoms with Gasteiger partial charge in [0, 0.05) is 17.2 Å². The van der Waals surface area contributed by atoms with Gasteiger partial charge in [0.05, 0.1) is 28.2 Å². The number of nitro groups is 1. The van der Waals surface area contributed by atoms with Crippen molar-refractivity contribution in [1.29, 1.82) is 0 Å². The highest BCUT2D eigenvalue weighted by Crippen LogP contribution is 2.23. The Labute approximate surface area is 153 Å². The first-order valence-electron chi connectivity index (χ1n) is 7.12. The SMILES string of the molecule is O=C(N[C@@H](CO)[C@H](O)c1ccc([N+](=O)[O-])cc1)c1ccc(Cl)cc1Cl. The summed E-state index contributed by atoms with van der Waals surface area (Å²) in [6, 6.07) is 8.45. The molecule has 2 rings (SSSR count). The number of carbonyl (C=O) groups is 1. The van der Waals surface area contributed by atoms with Gasteiger partial charge in [-0.3, -0.25) is 14.9 Å². The van der Waals surface area contributed by atoms with E-state index < -0.39 is 29.6 Å². The zero-order valence-electron chi connectivity index (χ0n) is 12.7. The van der Waals surface area contributed by atoms with Crippen LogP contribution in [0.3, 0.4) is 0 Å². The monoisotopic (exact) mass is 384 g/mol. The van der Waals surface area contributed by atoms with Crippen molar-refractivity contribution in [2.24, 2.45) is 0 Å². The summed E-state index contributed by atoms with van der Waals surface area (Å²) in [4.78, 5) is 22.4. The number of hydrogen-bond donors (Lipinski definition) is 3. The fourth-order valence-corrected chi connectivity index (χ4v) is 2.66. The number of non-ortho nitro benzene ring substituents is 1. The molecule has 25 heavy (non-hydrogen) atoms. The van der Waals surface area contributed by atoms with Crippen molar-refractivity contribution in [3.05, 3.63) is 73.8 Å². The second-order valence-corrected chi connectivity index (χ2v) is 6.02. The first-order valence-corrected chi connectivity index (χ1v) is 7.88. The van der Waals surface area contributed by atoms with Crippen LogP contribution in [0.4, 0.5) is 5.69 Å². The van der Waals surface area contributed by atoms with Crippen LogP contribution in [0.1, 0.15) is 22.0 Å². The number of nitro benzene ring substituents is 1. The van der Waals surface area contributed by atoms with Crippen molar-refractivity contribution < 1.29 is 19.9 Å². The van der Waals surface area contributed by atoms with Crippen LogP contribution in [-0.2, 0) is 0 Å². The number of nitrogens with one attached hydrogen (secondary N) is 1. The Bertz CT molecular complexity index is 783. The average molecular weight is 385 g/mol. The van der Waals surface area contributed by atoms with E-state index in [0.29, 0.717) is 10.6 Å². The van der Waals surface area contributed by atoms with Gasteiger partial charge in [-0.05, 0) is 35.9 Å². The Balaban J connectivity index is 2.15. The van der Waals surface area contributed by atoms with Gasteiger partial charge in [0.1, 0.15) is 6.10 Å². The Hall–Kier alpha value is -2.19. The van der Waals surface area contributed by atoms with Gasteiger partial charge in [-0.1, -0.05) is 23.2 Å². The van der Waals surface area contributed by atoms with E-state index in [1.807, 2.05) is 0 Å². The minimum absolute atomic E-state index is 0.131. The minimum atomic E-state index is -1.26. The van der Waals surface area contributed by atoms with Crippen LogP contribution < -0.4 is 5.32 Å². The van der Waals surface area contributed by atoms with Crippen molar-refractivity contribution in [2.45, 2.75) is 12.1 Å². The average Bonchev–Trinajstić information content (AvgIpc) is 2.58. The molecule has 9 heteroatoms. The molecule has 0 aliphatic heterocycles. The third-order valence-electron chi connectivity index (χ3n) is 3.52. The van der Waals surface area contributed by atoms with Crippen molar-refractivity contribution >= 4 is 34.8 Å². The third-order valence-corrected chi connectivity index (χ3v) is 4.06. The maximum atomic E-state index is 12.3. The fourth-order valence-electron chi connectivity index (χ4n) is 2.17. The van der Waals surface area contributed by atoms with Crippen molar-refractivity contribution in [3.8, 4) is 0 Å². The second-order valence-electron chi connectivity index (χ2n) is 5.18. The summed E-state index contributed by atoms with van der Waals surface area (Å²) in [5.74, 6) is -0.596. The van der Waals surface area contributed by atoms with E-state index in [0.717, 1.165) is 0 Å². The number of nitrogens with zero attached hydrogens (tertiary/aromatic N) is 1. The summed E-state index contributed by atoms with van der Waals surface area (Å²) in [6.07, 6.45) is -1.26. The number of benzene rings is 2. The summed E-state index contributed by atoms with van der Waals surface area (Å²) in [7, 11) is 0. The van der Waals surface area contributed by atoms with Crippen molar-refractivity contribution in [2.75, 3.05) is 6.61 Å². The molecule has 0 unspecified atom stereocenters. The molecule has 7 nitrogen and oxygen atoms in total. The highest BCUT2D eigenvalue weighted by atomic mass is 35.5. The summed E-state index contributed by atoms with van der Waals surface area (Å²) in [6.45, 7) is -0.547. The Morgan fingerprint density at radius 3 is 2.36 bits per heavy atom. The van der Waals surface area contributed by atoms with E-state index in [2.05, 4.69) is 5.32 Å². The summed E-state index contributed by atoms with van der Waals surface area (Å²) >= 11 is 11.7. The molecule has 0 spiro atoms. The van der Waals surface area contributed by atoms with E-state index in [1.165, 1.54) is 42.5 Å². The lowest BCUT2D eigenvalue weighted by Gasteiger charge is -2.22. The van der Waals surface area contributed by atoms with Gasteiger partial charge in [0.25, 0.3) is 11.6 Å². The Morgan fingerprint density at radius 2 is 1.84 bits per heavy atom. The molecular formula is C16H14Cl2N2O5. The number of aliphatic hydroxyl groups excluding tert-OH is 2. The number of hydrogen-bond acceptors (Lipinski definition) is 5. The molecule has 0 aliphatic carbocycles. The third kappa shape index (κ3) is 4.67. The maximum Gasteiger partial charge on any atom is 0.269 e. The lowest BCUT2D eigenvalue weighted by atomic mass is 10.0. The van der Waals surface area contributed by atoms with Crippen LogP contribution in [0, 0.1) is 10.1 Å². The van der Waals surface area contributed by atoms with E-state index in [1.54, 1.807) is 0 Å². The van der Waals surface area contributed by atoms with Gasteiger partial charge >= 0.3 is 0 Å². The summed E-state index contributed by atoms with van der Waals surface area (Å²) in [5, 5.41) is 33.4. The number of halogens is 2. The molecule has 0 aromatic heterocycles. The largest absolute Gasteiger partial charge is 0.394 e. The molecule has 0 bridgehead atoms. The first-order chi connectivity index (χ1) is 11.8. The quantitative estimate of drug-likeness (QED) is 0.523. The molecule has 0 radical (unpaired) electrons. The molecule has 0 aliphatic rings. The molecule has 1 amide bonds. The van der Waals surface area contributed by atoms with Crippen LogP contribution in [-0.4, -0.2) is 33.7 Å². The molecule has 2 aromatic carbocycles. The first kappa shape index (κ1) is 19.1. The van der Waals surface area contributed by atoms with Gasteiger partial charge in [0.15, 0.2) is 0 Å². The highest BCUT2D eigenvalue weighted by Gasteiger charge is 2.24. The topological polar surface area (TPSA) is 113 Å². The van der Waals surface area contributed by atoms with Gasteiger partial charge < -0.3 is 15.5 Å². The van der Waals surface area contributed by atoms with Gasteiger partial charge in [-0.15, -0.1) is 0 Å². The van der Waals surface area contributed by atoms with Crippen LogP contribution in [0.2, 0.25) is 10.0 Å². The van der Waals surface area contributed by atoms with E-state index in [4.69, 9.17) is 23.2 Å². The summed E-state index contributed by atoms with van der Waals surface area (Å²) in [5.41, 5.74) is 0.320. The molecule has 0 heterocycles. The molecular weight excluding hydrogens is 371 g/mol. The second kappa shape index (κ2) is 8.26. The van der Waals surface area contributed by atoms with Crippen LogP contribution in [0.25, 0.3) is 0 Å². The number of rotatable bonds is 6. The van der Waals surface area contributed by atoms with E-state index >= 15 is 0 Å². The predicted octanol–water partition coefficient (Wildman–Crippen LogP) is 2.73. The predicted molar refractivity (Wildman–Crippen MR) is 92.9 cm³/mol. The lowest BCUT2D eigenvalue weighted by Crippen LogP contribution is -2.42. The zero-order chi connectivity index (χ0) is 18.6. The molecule has 132 valence electrons. The van der Waals surface area contributed by atoms with Gasteiger partial charge in [-0.2, -0.15) is 0 Å². The molecule has 0 saturated heterocycles. The van der Waals surface area contributed by atoms with E-state index in [9.17, 15) is 25.1 Å². The fraction of sp³-hybridized carbons (Fsp3) is 0.188. The lowest BCUT2D eigenvalue weighted by molar-refractivity contribution is -0.384. The molecule has 0 saturated carbocycles. The zero-order valence-corrected chi connectivity index (χ0v) is 14.2. The summed E-state index contributed by atoms with van der Waals surface area (Å²) < 4.78 is 0. The van der Waals surface area contributed by atoms with Crippen molar-refractivity contribution in [3.63, 3.8) is 0 Å². The molecule has 0 fully saturated rings. The molecule has 2 atom stereocenters. The van der Waals surface area contributed by atoms with Gasteiger partial charge in [-0.25, -0.2) is 0 Å². The smallest absolute Gasteiger partial charge is 0.269 e. The van der Waals surface area contributed by atoms with Crippen molar-refractivity contribution in [1.82, 2.24) is 5.32 Å². The molecule has 3 N–H and O–H groups in total. The van der Waals surface area contributed by atoms with Crippen LogP contribution in [0.5, 0.6) is 0 Å². The minimum Gasteiger partial charge on any atom is -0.394 e. The Kier molecular flexibility index (Phi) is 6.33. The highest BCUT2D eigenvalue weighted by molar-refractivity contribution is 6.36. The number of amides is 1. The number of aliphatic hydroxyl groups is 2. The van der Waals surface area contributed by atoms with E-state index in [-0.39, 0.29) is 16.3 Å². The van der Waals surface area contributed by atoms with Crippen LogP contribution in [0.15, 0.2) is 42.5 Å². The normalized spacial score (nSPS) is 13.1. The maximum absolute atomic E-state index is 12.3. The van der Waals surface area contributed by atoms with Crippen LogP contribution >= 0.6 is 23.2 Å². The number of carbonyl (C=O) groups excluding carboxylic acids is 1. The Morgan fingerprint density at radius 1 is 1.20 bits per heavy atom. The van der Waals surface area contributed by atoms with Gasteiger partial charge in [0.2, 0.25) is 0 Å².